The van der Waals surface area contributed by atoms with E-state index >= 15 is 0 Å². The Balaban J connectivity index is 2.30. The van der Waals surface area contributed by atoms with Crippen LogP contribution in [-0.2, 0) is 6.42 Å². The first-order valence-electron chi connectivity index (χ1n) is 6.42. The molecule has 0 aliphatic rings. The van der Waals surface area contributed by atoms with Crippen molar-refractivity contribution >= 4 is 34.5 Å². The summed E-state index contributed by atoms with van der Waals surface area (Å²) in [5, 5.41) is 14.0. The molecule has 2 rings (SSSR count). The summed E-state index contributed by atoms with van der Waals surface area (Å²) in [6.07, 6.45) is 0.805. The second kappa shape index (κ2) is 7.28. The van der Waals surface area contributed by atoms with Crippen LogP contribution < -0.4 is 5.32 Å². The molecule has 0 saturated carbocycles. The Morgan fingerprint density at radius 1 is 1.43 bits per heavy atom. The van der Waals surface area contributed by atoms with Gasteiger partial charge in [0.2, 0.25) is 0 Å². The fourth-order valence-electron chi connectivity index (χ4n) is 1.86. The first-order chi connectivity index (χ1) is 10.2. The zero-order valence-electron chi connectivity index (χ0n) is 11.4. The molecule has 0 unspecified atom stereocenters. The molecule has 0 radical (unpaired) electrons. The Morgan fingerprint density at radius 2 is 2.24 bits per heavy atom. The van der Waals surface area contributed by atoms with Gasteiger partial charge in [0.25, 0.3) is 5.91 Å². The standard InChI is InChI=1S/C16H14ClNO2S/c1-2-11-7-9-21-15(11)16(20)18-14-10-13(17)6-5-12(14)4-3-8-19/h5-7,9-10,19H,2,8H2,1H3,(H,18,20). The van der Waals surface area contributed by atoms with Crippen LogP contribution in [-0.4, -0.2) is 17.6 Å². The van der Waals surface area contributed by atoms with Gasteiger partial charge in [-0.05, 0) is 41.6 Å². The lowest BCUT2D eigenvalue weighted by molar-refractivity contribution is 0.103. The number of amides is 1. The Labute approximate surface area is 132 Å². The van der Waals surface area contributed by atoms with Crippen molar-refractivity contribution < 1.29 is 9.90 Å². The molecule has 0 aliphatic carbocycles. The maximum atomic E-state index is 12.4. The highest BCUT2D eigenvalue weighted by atomic mass is 35.5. The van der Waals surface area contributed by atoms with Gasteiger partial charge in [-0.15, -0.1) is 11.3 Å². The fourth-order valence-corrected chi connectivity index (χ4v) is 2.92. The molecule has 0 spiro atoms. The minimum atomic E-state index is -0.235. The molecule has 0 atom stereocenters. The molecule has 0 bridgehead atoms. The summed E-state index contributed by atoms with van der Waals surface area (Å²) < 4.78 is 0. The van der Waals surface area contributed by atoms with Gasteiger partial charge in [0, 0.05) is 10.6 Å². The van der Waals surface area contributed by atoms with Gasteiger partial charge in [0.05, 0.1) is 10.6 Å². The van der Waals surface area contributed by atoms with Crippen LogP contribution in [0.25, 0.3) is 0 Å². The fraction of sp³-hybridized carbons (Fsp3) is 0.188. The number of benzene rings is 1. The first kappa shape index (κ1) is 15.6. The molecule has 1 amide bonds. The number of carbonyl (C=O) groups is 1. The summed E-state index contributed by atoms with van der Waals surface area (Å²) in [4.78, 5) is 13.0. The van der Waals surface area contributed by atoms with Crippen LogP contribution in [0.5, 0.6) is 0 Å². The Morgan fingerprint density at radius 3 is 2.95 bits per heavy atom. The molecule has 0 aliphatic heterocycles. The van der Waals surface area contributed by atoms with Crippen molar-refractivity contribution in [2.45, 2.75) is 13.3 Å². The van der Waals surface area contributed by atoms with Gasteiger partial charge >= 0.3 is 0 Å². The SMILES string of the molecule is CCc1ccsc1C(=O)Nc1cc(Cl)ccc1C#CCO. The van der Waals surface area contributed by atoms with E-state index in [4.69, 9.17) is 16.7 Å². The number of thiophene rings is 1. The molecule has 108 valence electrons. The first-order valence-corrected chi connectivity index (χ1v) is 7.68. The van der Waals surface area contributed by atoms with Crippen molar-refractivity contribution in [3.63, 3.8) is 0 Å². The highest BCUT2D eigenvalue weighted by molar-refractivity contribution is 7.12. The summed E-state index contributed by atoms with van der Waals surface area (Å²) in [7, 11) is 0. The van der Waals surface area contributed by atoms with Gasteiger partial charge in [-0.3, -0.25) is 4.79 Å². The maximum absolute atomic E-state index is 12.4. The summed E-state index contributed by atoms with van der Waals surface area (Å²) in [5.74, 6) is 5.20. The van der Waals surface area contributed by atoms with Crippen LogP contribution in [0.1, 0.15) is 27.7 Å². The minimum absolute atomic E-state index is 0.170. The summed E-state index contributed by atoms with van der Waals surface area (Å²) in [6, 6.07) is 7.01. The van der Waals surface area contributed by atoms with Crippen LogP contribution in [0, 0.1) is 11.8 Å². The van der Waals surface area contributed by atoms with Crippen molar-refractivity contribution in [1.82, 2.24) is 0 Å². The highest BCUT2D eigenvalue weighted by Crippen LogP contribution is 2.23. The van der Waals surface area contributed by atoms with Crippen LogP contribution in [0.3, 0.4) is 0 Å². The van der Waals surface area contributed by atoms with Gasteiger partial charge in [-0.1, -0.05) is 30.4 Å². The smallest absolute Gasteiger partial charge is 0.266 e. The van der Waals surface area contributed by atoms with Gasteiger partial charge in [-0.2, -0.15) is 0 Å². The Kier molecular flexibility index (Phi) is 5.40. The van der Waals surface area contributed by atoms with E-state index in [0.29, 0.717) is 21.2 Å². The third-order valence-electron chi connectivity index (χ3n) is 2.87. The number of nitrogens with one attached hydrogen (secondary N) is 1. The maximum Gasteiger partial charge on any atom is 0.266 e. The quantitative estimate of drug-likeness (QED) is 0.850. The minimum Gasteiger partial charge on any atom is -0.384 e. The molecule has 0 fully saturated rings. The second-order valence-corrected chi connectivity index (χ2v) is 5.58. The van der Waals surface area contributed by atoms with E-state index < -0.39 is 0 Å². The molecule has 1 heterocycles. The highest BCUT2D eigenvalue weighted by Gasteiger charge is 2.13. The normalized spacial score (nSPS) is 9.86. The molecule has 2 N–H and O–H groups in total. The van der Waals surface area contributed by atoms with Crippen molar-refractivity contribution in [2.24, 2.45) is 0 Å². The summed E-state index contributed by atoms with van der Waals surface area (Å²) >= 11 is 7.38. The number of aliphatic hydroxyl groups is 1. The number of hydrogen-bond donors (Lipinski definition) is 2. The van der Waals surface area contributed by atoms with Crippen molar-refractivity contribution in [1.29, 1.82) is 0 Å². The van der Waals surface area contributed by atoms with E-state index in [1.165, 1.54) is 11.3 Å². The van der Waals surface area contributed by atoms with E-state index in [1.807, 2.05) is 18.4 Å². The number of aliphatic hydroxyl groups excluding tert-OH is 1. The lowest BCUT2D eigenvalue weighted by atomic mass is 10.1. The molecular weight excluding hydrogens is 306 g/mol. The van der Waals surface area contributed by atoms with E-state index in [1.54, 1.807) is 18.2 Å². The predicted octanol–water partition coefficient (Wildman–Crippen LogP) is 3.56. The average Bonchev–Trinajstić information content (AvgIpc) is 2.95. The molecule has 5 heteroatoms. The molecule has 1 aromatic carbocycles. The van der Waals surface area contributed by atoms with E-state index in [0.717, 1.165) is 12.0 Å². The molecule has 1 aromatic heterocycles. The second-order valence-electron chi connectivity index (χ2n) is 4.23. The molecular formula is C16H14ClNO2S. The summed E-state index contributed by atoms with van der Waals surface area (Å²) in [5.41, 5.74) is 2.18. The topological polar surface area (TPSA) is 49.3 Å². The molecule has 0 saturated heterocycles. The molecule has 2 aromatic rings. The van der Waals surface area contributed by atoms with E-state index in [9.17, 15) is 4.79 Å². The Hall–Kier alpha value is -1.80. The third-order valence-corrected chi connectivity index (χ3v) is 4.06. The Bertz CT molecular complexity index is 713. The van der Waals surface area contributed by atoms with Gasteiger partial charge in [0.1, 0.15) is 6.61 Å². The number of rotatable bonds is 3. The number of aryl methyl sites for hydroxylation is 1. The van der Waals surface area contributed by atoms with Crippen molar-refractivity contribution in [2.75, 3.05) is 11.9 Å². The van der Waals surface area contributed by atoms with Crippen LogP contribution in [0.4, 0.5) is 5.69 Å². The third kappa shape index (κ3) is 3.85. The van der Waals surface area contributed by atoms with Crippen molar-refractivity contribution in [3.8, 4) is 11.8 Å². The number of hydrogen-bond acceptors (Lipinski definition) is 3. The van der Waals surface area contributed by atoms with E-state index in [-0.39, 0.29) is 12.5 Å². The lowest BCUT2D eigenvalue weighted by Crippen LogP contribution is -2.13. The molecule has 3 nitrogen and oxygen atoms in total. The molecule has 21 heavy (non-hydrogen) atoms. The van der Waals surface area contributed by atoms with Gasteiger partial charge in [0.15, 0.2) is 0 Å². The average molecular weight is 320 g/mol. The van der Waals surface area contributed by atoms with Gasteiger partial charge in [-0.25, -0.2) is 0 Å². The van der Waals surface area contributed by atoms with Crippen LogP contribution >= 0.6 is 22.9 Å². The number of halogens is 1. The lowest BCUT2D eigenvalue weighted by Gasteiger charge is -2.08. The largest absolute Gasteiger partial charge is 0.384 e. The monoisotopic (exact) mass is 319 g/mol. The predicted molar refractivity (Wildman–Crippen MR) is 87.1 cm³/mol. The number of anilines is 1. The van der Waals surface area contributed by atoms with Crippen LogP contribution in [0.15, 0.2) is 29.6 Å². The van der Waals surface area contributed by atoms with E-state index in [2.05, 4.69) is 17.2 Å². The van der Waals surface area contributed by atoms with Crippen LogP contribution in [0.2, 0.25) is 5.02 Å². The number of carbonyl (C=O) groups excluding carboxylic acids is 1. The van der Waals surface area contributed by atoms with Crippen molar-refractivity contribution in [3.05, 3.63) is 50.7 Å². The zero-order valence-corrected chi connectivity index (χ0v) is 13.0. The zero-order chi connectivity index (χ0) is 15.2. The summed E-state index contributed by atoms with van der Waals surface area (Å²) in [6.45, 7) is 1.78. The van der Waals surface area contributed by atoms with Gasteiger partial charge < -0.3 is 10.4 Å².